The SMILES string of the molecule is COc1ccc(N(CC(=O)Nc2ccc(F)cc2)C(=O)C(=O)c2ccc(C)cc2)c(OC)c1. The van der Waals surface area contributed by atoms with Crippen molar-refractivity contribution in [3.05, 3.63) is 83.7 Å². The quantitative estimate of drug-likeness (QED) is 0.414. The standard InChI is InChI=1S/C25H23FN2O5/c1-16-4-6-17(7-5-16)24(30)25(31)28(21-13-12-20(32-2)14-22(21)33-3)15-23(29)27-19-10-8-18(26)9-11-19/h4-14H,15H2,1-3H3,(H,27,29). The minimum Gasteiger partial charge on any atom is -0.497 e. The fourth-order valence-electron chi connectivity index (χ4n) is 3.10. The van der Waals surface area contributed by atoms with Crippen LogP contribution in [0.1, 0.15) is 15.9 Å². The van der Waals surface area contributed by atoms with Gasteiger partial charge in [-0.05, 0) is 43.3 Å². The molecule has 0 saturated heterocycles. The minimum atomic E-state index is -0.906. The molecule has 0 unspecified atom stereocenters. The van der Waals surface area contributed by atoms with Crippen molar-refractivity contribution in [2.45, 2.75) is 6.92 Å². The Balaban J connectivity index is 1.94. The lowest BCUT2D eigenvalue weighted by Crippen LogP contribution is -2.42. The second-order valence-electron chi connectivity index (χ2n) is 7.18. The first-order valence-electron chi connectivity index (χ1n) is 10.0. The van der Waals surface area contributed by atoms with Gasteiger partial charge < -0.3 is 14.8 Å². The molecule has 8 heteroatoms. The molecule has 3 rings (SSSR count). The Morgan fingerprint density at radius 3 is 2.18 bits per heavy atom. The fourth-order valence-corrected chi connectivity index (χ4v) is 3.10. The predicted octanol–water partition coefficient (Wildman–Crippen LogP) is 4.01. The Hall–Kier alpha value is -4.20. The Bertz CT molecular complexity index is 1160. The van der Waals surface area contributed by atoms with Gasteiger partial charge in [-0.15, -0.1) is 0 Å². The molecule has 0 bridgehead atoms. The zero-order valence-electron chi connectivity index (χ0n) is 18.4. The van der Waals surface area contributed by atoms with Crippen molar-refractivity contribution in [2.75, 3.05) is 31.0 Å². The van der Waals surface area contributed by atoms with Gasteiger partial charge in [0.2, 0.25) is 5.91 Å². The molecule has 0 spiro atoms. The summed E-state index contributed by atoms with van der Waals surface area (Å²) in [5.74, 6) is -1.99. The average Bonchev–Trinajstić information content (AvgIpc) is 2.83. The van der Waals surface area contributed by atoms with Crippen LogP contribution in [0.4, 0.5) is 15.8 Å². The van der Waals surface area contributed by atoms with E-state index in [9.17, 15) is 18.8 Å². The maximum atomic E-state index is 13.2. The van der Waals surface area contributed by atoms with Gasteiger partial charge >= 0.3 is 0 Å². The number of rotatable bonds is 8. The minimum absolute atomic E-state index is 0.196. The van der Waals surface area contributed by atoms with E-state index in [1.165, 1.54) is 44.6 Å². The number of ether oxygens (including phenoxy) is 2. The van der Waals surface area contributed by atoms with Crippen LogP contribution in [-0.4, -0.2) is 38.4 Å². The van der Waals surface area contributed by atoms with Gasteiger partial charge in [-0.25, -0.2) is 4.39 Å². The molecule has 0 saturated carbocycles. The van der Waals surface area contributed by atoms with E-state index in [2.05, 4.69) is 5.32 Å². The van der Waals surface area contributed by atoms with Crippen LogP contribution in [0.2, 0.25) is 0 Å². The molecule has 0 aliphatic rings. The number of hydrogen-bond donors (Lipinski definition) is 1. The van der Waals surface area contributed by atoms with Crippen LogP contribution in [0.5, 0.6) is 11.5 Å². The van der Waals surface area contributed by atoms with Crippen LogP contribution in [0.25, 0.3) is 0 Å². The second-order valence-corrected chi connectivity index (χ2v) is 7.18. The molecule has 0 aromatic heterocycles. The van der Waals surface area contributed by atoms with Crippen molar-refractivity contribution >= 4 is 29.0 Å². The highest BCUT2D eigenvalue weighted by Gasteiger charge is 2.29. The molecular formula is C25H23FN2O5. The van der Waals surface area contributed by atoms with E-state index in [1.807, 2.05) is 6.92 Å². The lowest BCUT2D eigenvalue weighted by atomic mass is 10.1. The molecule has 33 heavy (non-hydrogen) atoms. The predicted molar refractivity (Wildman–Crippen MR) is 122 cm³/mol. The van der Waals surface area contributed by atoms with E-state index in [0.29, 0.717) is 11.4 Å². The summed E-state index contributed by atoms with van der Waals surface area (Å²) in [7, 11) is 2.88. The molecule has 7 nitrogen and oxygen atoms in total. The summed E-state index contributed by atoms with van der Waals surface area (Å²) in [6.07, 6.45) is 0. The molecule has 0 radical (unpaired) electrons. The number of aryl methyl sites for hydroxylation is 1. The van der Waals surface area contributed by atoms with Gasteiger partial charge in [0.15, 0.2) is 0 Å². The molecule has 1 N–H and O–H groups in total. The lowest BCUT2D eigenvalue weighted by Gasteiger charge is -2.24. The number of Topliss-reactive ketones (excluding diaryl/α,β-unsaturated/α-hetero) is 1. The molecular weight excluding hydrogens is 427 g/mol. The van der Waals surface area contributed by atoms with Gasteiger partial charge in [0, 0.05) is 17.3 Å². The number of anilines is 2. The summed E-state index contributed by atoms with van der Waals surface area (Å²) in [6.45, 7) is 1.39. The number of nitrogens with zero attached hydrogens (tertiary/aromatic N) is 1. The number of carbonyl (C=O) groups is 3. The van der Waals surface area contributed by atoms with Crippen LogP contribution in [0, 0.1) is 12.7 Å². The van der Waals surface area contributed by atoms with E-state index >= 15 is 0 Å². The lowest BCUT2D eigenvalue weighted by molar-refractivity contribution is -0.119. The van der Waals surface area contributed by atoms with Crippen molar-refractivity contribution < 1.29 is 28.2 Å². The molecule has 170 valence electrons. The first-order chi connectivity index (χ1) is 15.8. The Kier molecular flexibility index (Phi) is 7.40. The van der Waals surface area contributed by atoms with Crippen molar-refractivity contribution in [3.63, 3.8) is 0 Å². The highest BCUT2D eigenvalue weighted by molar-refractivity contribution is 6.47. The summed E-state index contributed by atoms with van der Waals surface area (Å²) in [6, 6.07) is 16.4. The van der Waals surface area contributed by atoms with Crippen LogP contribution in [0.3, 0.4) is 0 Å². The summed E-state index contributed by atoms with van der Waals surface area (Å²) in [5.41, 5.74) is 1.70. The zero-order chi connectivity index (χ0) is 24.0. The average molecular weight is 450 g/mol. The van der Waals surface area contributed by atoms with Crippen molar-refractivity contribution in [2.24, 2.45) is 0 Å². The monoisotopic (exact) mass is 450 g/mol. The molecule has 0 aliphatic heterocycles. The van der Waals surface area contributed by atoms with E-state index in [1.54, 1.807) is 36.4 Å². The number of amides is 2. The molecule has 0 aliphatic carbocycles. The molecule has 2 amide bonds. The Morgan fingerprint density at radius 2 is 1.58 bits per heavy atom. The third-order valence-corrected chi connectivity index (χ3v) is 4.86. The zero-order valence-corrected chi connectivity index (χ0v) is 18.4. The Labute approximate surface area is 190 Å². The normalized spacial score (nSPS) is 10.3. The second kappa shape index (κ2) is 10.4. The fraction of sp³-hybridized carbons (Fsp3) is 0.160. The summed E-state index contributed by atoms with van der Waals surface area (Å²) in [4.78, 5) is 40.0. The van der Waals surface area contributed by atoms with Gasteiger partial charge in [-0.1, -0.05) is 29.8 Å². The van der Waals surface area contributed by atoms with Gasteiger partial charge in [0.05, 0.1) is 19.9 Å². The largest absolute Gasteiger partial charge is 0.497 e. The number of carbonyl (C=O) groups excluding carboxylic acids is 3. The topological polar surface area (TPSA) is 84.9 Å². The molecule has 0 fully saturated rings. The summed E-state index contributed by atoms with van der Waals surface area (Å²) in [5, 5.41) is 2.59. The number of hydrogen-bond acceptors (Lipinski definition) is 5. The van der Waals surface area contributed by atoms with Crippen molar-refractivity contribution in [3.8, 4) is 11.5 Å². The van der Waals surface area contributed by atoms with E-state index in [0.717, 1.165) is 10.5 Å². The van der Waals surface area contributed by atoms with E-state index in [-0.39, 0.29) is 17.0 Å². The van der Waals surface area contributed by atoms with Gasteiger partial charge in [-0.2, -0.15) is 0 Å². The van der Waals surface area contributed by atoms with E-state index in [4.69, 9.17) is 9.47 Å². The number of nitrogens with one attached hydrogen (secondary N) is 1. The maximum absolute atomic E-state index is 13.2. The van der Waals surface area contributed by atoms with Crippen molar-refractivity contribution in [1.82, 2.24) is 0 Å². The van der Waals surface area contributed by atoms with Crippen LogP contribution in [-0.2, 0) is 9.59 Å². The first-order valence-corrected chi connectivity index (χ1v) is 10.0. The molecule has 3 aromatic rings. The number of benzene rings is 3. The highest BCUT2D eigenvalue weighted by Crippen LogP contribution is 2.32. The number of halogens is 1. The highest BCUT2D eigenvalue weighted by atomic mass is 19.1. The molecule has 0 atom stereocenters. The Morgan fingerprint density at radius 1 is 0.909 bits per heavy atom. The smallest absolute Gasteiger partial charge is 0.299 e. The number of ketones is 1. The van der Waals surface area contributed by atoms with Crippen molar-refractivity contribution in [1.29, 1.82) is 0 Å². The van der Waals surface area contributed by atoms with Gasteiger partial charge in [0.1, 0.15) is 23.9 Å². The van der Waals surface area contributed by atoms with E-state index < -0.39 is 30.0 Å². The van der Waals surface area contributed by atoms with Crippen LogP contribution < -0.4 is 19.7 Å². The maximum Gasteiger partial charge on any atom is 0.299 e. The summed E-state index contributed by atoms with van der Waals surface area (Å²) >= 11 is 0. The van der Waals surface area contributed by atoms with Crippen LogP contribution >= 0.6 is 0 Å². The number of methoxy groups -OCH3 is 2. The first kappa shape index (κ1) is 23.5. The van der Waals surface area contributed by atoms with Gasteiger partial charge in [0.25, 0.3) is 11.7 Å². The molecule has 0 heterocycles. The molecule has 3 aromatic carbocycles. The third-order valence-electron chi connectivity index (χ3n) is 4.86. The van der Waals surface area contributed by atoms with Crippen LogP contribution in [0.15, 0.2) is 66.7 Å². The van der Waals surface area contributed by atoms with Gasteiger partial charge in [-0.3, -0.25) is 19.3 Å². The summed E-state index contributed by atoms with van der Waals surface area (Å²) < 4.78 is 23.7. The third kappa shape index (κ3) is 5.74.